The summed E-state index contributed by atoms with van der Waals surface area (Å²) in [5.74, 6) is 1.10. The third kappa shape index (κ3) is 4.27. The van der Waals surface area contributed by atoms with Gasteiger partial charge in [0.1, 0.15) is 17.6 Å². The smallest absolute Gasteiger partial charge is 0.337 e. The molecule has 1 fully saturated rings. The normalized spacial score (nSPS) is 17.4. The van der Waals surface area contributed by atoms with E-state index in [1.807, 2.05) is 54.6 Å². The number of thiocarbonyl (C=S) groups is 1. The highest BCUT2D eigenvalue weighted by atomic mass is 32.1. The summed E-state index contributed by atoms with van der Waals surface area (Å²) in [6.07, 6.45) is 5.32. The summed E-state index contributed by atoms with van der Waals surface area (Å²) < 4.78 is 11.1. The van der Waals surface area contributed by atoms with E-state index in [1.165, 1.54) is 7.11 Å². The first-order chi connectivity index (χ1) is 16.6. The SMILES string of the molecule is COC(=O)c1ccc(-c2ccc(C3C(c4ccccn4)NC(=S)N3Cc3ccncc3)o2)cc1. The molecule has 1 aliphatic heterocycles. The van der Waals surface area contributed by atoms with Gasteiger partial charge in [-0.2, -0.15) is 0 Å². The van der Waals surface area contributed by atoms with Crippen LogP contribution in [0.5, 0.6) is 0 Å². The monoisotopic (exact) mass is 470 g/mol. The van der Waals surface area contributed by atoms with Gasteiger partial charge >= 0.3 is 5.97 Å². The largest absolute Gasteiger partial charge is 0.465 e. The maximum atomic E-state index is 11.7. The topological polar surface area (TPSA) is 80.5 Å². The van der Waals surface area contributed by atoms with Crippen LogP contribution in [0.1, 0.15) is 39.5 Å². The van der Waals surface area contributed by atoms with Crippen molar-refractivity contribution in [2.24, 2.45) is 0 Å². The van der Waals surface area contributed by atoms with Crippen LogP contribution in [0.4, 0.5) is 0 Å². The van der Waals surface area contributed by atoms with Crippen LogP contribution in [0.15, 0.2) is 89.7 Å². The number of nitrogens with one attached hydrogen (secondary N) is 1. The molecule has 2 atom stereocenters. The molecule has 1 aliphatic rings. The van der Waals surface area contributed by atoms with Crippen molar-refractivity contribution >= 4 is 23.3 Å². The molecule has 0 amide bonds. The third-order valence-corrected chi connectivity index (χ3v) is 6.16. The molecule has 3 aromatic heterocycles. The third-order valence-electron chi connectivity index (χ3n) is 5.81. The van der Waals surface area contributed by atoms with E-state index >= 15 is 0 Å². The van der Waals surface area contributed by atoms with Crippen LogP contribution in [0.3, 0.4) is 0 Å². The van der Waals surface area contributed by atoms with Crippen molar-refractivity contribution < 1.29 is 13.9 Å². The van der Waals surface area contributed by atoms with Gasteiger partial charge in [0, 0.05) is 30.7 Å². The quantitative estimate of drug-likeness (QED) is 0.321. The molecule has 1 N–H and O–H groups in total. The van der Waals surface area contributed by atoms with Crippen LogP contribution in [-0.2, 0) is 11.3 Å². The van der Waals surface area contributed by atoms with E-state index in [2.05, 4.69) is 20.2 Å². The minimum absolute atomic E-state index is 0.170. The predicted octanol–water partition coefficient (Wildman–Crippen LogP) is 4.70. The Kier molecular flexibility index (Phi) is 6.05. The maximum Gasteiger partial charge on any atom is 0.337 e. The van der Waals surface area contributed by atoms with E-state index in [0.717, 1.165) is 22.6 Å². The lowest BCUT2D eigenvalue weighted by molar-refractivity contribution is 0.0600. The van der Waals surface area contributed by atoms with Gasteiger partial charge in [0.2, 0.25) is 0 Å². The average molecular weight is 471 g/mol. The molecular formula is C26H22N4O3S. The Morgan fingerprint density at radius 3 is 2.56 bits per heavy atom. The highest BCUT2D eigenvalue weighted by Gasteiger charge is 2.41. The number of pyridine rings is 2. The second-order valence-electron chi connectivity index (χ2n) is 7.88. The highest BCUT2D eigenvalue weighted by Crippen LogP contribution is 2.41. The number of carbonyl (C=O) groups is 1. The molecule has 8 heteroatoms. The predicted molar refractivity (Wildman–Crippen MR) is 131 cm³/mol. The fourth-order valence-electron chi connectivity index (χ4n) is 4.13. The van der Waals surface area contributed by atoms with Gasteiger partial charge in [-0.1, -0.05) is 18.2 Å². The van der Waals surface area contributed by atoms with Crippen molar-refractivity contribution in [2.75, 3.05) is 7.11 Å². The van der Waals surface area contributed by atoms with Gasteiger partial charge in [0.25, 0.3) is 0 Å². The van der Waals surface area contributed by atoms with E-state index in [-0.39, 0.29) is 18.1 Å². The lowest BCUT2D eigenvalue weighted by Gasteiger charge is -2.26. The molecule has 2 unspecified atom stereocenters. The van der Waals surface area contributed by atoms with Crippen molar-refractivity contribution in [1.29, 1.82) is 0 Å². The number of furan rings is 1. The summed E-state index contributed by atoms with van der Waals surface area (Å²) in [5.41, 5.74) is 3.33. The first-order valence-electron chi connectivity index (χ1n) is 10.8. The van der Waals surface area contributed by atoms with Crippen LogP contribution < -0.4 is 5.32 Å². The van der Waals surface area contributed by atoms with Crippen molar-refractivity contribution in [3.8, 4) is 11.3 Å². The molecular weight excluding hydrogens is 448 g/mol. The molecule has 170 valence electrons. The summed E-state index contributed by atoms with van der Waals surface area (Å²) in [7, 11) is 1.37. The molecule has 0 spiro atoms. The fraction of sp³-hybridized carbons (Fsp3) is 0.154. The van der Waals surface area contributed by atoms with Gasteiger partial charge < -0.3 is 19.4 Å². The number of methoxy groups -OCH3 is 1. The number of hydrogen-bond acceptors (Lipinski definition) is 6. The van der Waals surface area contributed by atoms with Crippen molar-refractivity contribution in [3.63, 3.8) is 0 Å². The molecule has 0 saturated carbocycles. The van der Waals surface area contributed by atoms with E-state index in [4.69, 9.17) is 21.4 Å². The van der Waals surface area contributed by atoms with Gasteiger partial charge in [0.15, 0.2) is 5.11 Å². The second kappa shape index (κ2) is 9.44. The first-order valence-corrected chi connectivity index (χ1v) is 11.2. The summed E-state index contributed by atoms with van der Waals surface area (Å²) in [6, 6.07) is 20.5. The van der Waals surface area contributed by atoms with Gasteiger partial charge in [-0.25, -0.2) is 4.79 Å². The summed E-state index contributed by atoms with van der Waals surface area (Å²) in [5, 5.41) is 4.07. The number of nitrogens with zero attached hydrogens (tertiary/aromatic N) is 3. The van der Waals surface area contributed by atoms with Crippen molar-refractivity contribution in [1.82, 2.24) is 20.2 Å². The molecule has 0 bridgehead atoms. The average Bonchev–Trinajstić information content (AvgIpc) is 3.50. The Bertz CT molecular complexity index is 1290. The van der Waals surface area contributed by atoms with Crippen LogP contribution in [0.2, 0.25) is 0 Å². The minimum Gasteiger partial charge on any atom is -0.465 e. The zero-order chi connectivity index (χ0) is 23.5. The molecule has 4 heterocycles. The summed E-state index contributed by atoms with van der Waals surface area (Å²) >= 11 is 5.73. The van der Waals surface area contributed by atoms with Gasteiger partial charge in [-0.3, -0.25) is 9.97 Å². The van der Waals surface area contributed by atoms with Crippen LogP contribution in [0, 0.1) is 0 Å². The van der Waals surface area contributed by atoms with Crippen LogP contribution >= 0.6 is 12.2 Å². The van der Waals surface area contributed by atoms with Crippen LogP contribution in [-0.4, -0.2) is 33.1 Å². The van der Waals surface area contributed by atoms with E-state index in [9.17, 15) is 4.79 Å². The van der Waals surface area contributed by atoms with Gasteiger partial charge in [-0.05, 0) is 66.3 Å². The van der Waals surface area contributed by atoms with E-state index in [0.29, 0.717) is 23.0 Å². The molecule has 1 saturated heterocycles. The van der Waals surface area contributed by atoms with Gasteiger partial charge in [-0.15, -0.1) is 0 Å². The fourth-order valence-corrected chi connectivity index (χ4v) is 4.43. The zero-order valence-corrected chi connectivity index (χ0v) is 19.2. The number of esters is 1. The molecule has 0 radical (unpaired) electrons. The molecule has 4 aromatic rings. The van der Waals surface area contributed by atoms with Crippen molar-refractivity contribution in [3.05, 3.63) is 108 Å². The Labute approximate surface area is 202 Å². The molecule has 5 rings (SSSR count). The highest BCUT2D eigenvalue weighted by molar-refractivity contribution is 7.80. The Morgan fingerprint density at radius 2 is 1.85 bits per heavy atom. The number of ether oxygens (including phenoxy) is 1. The van der Waals surface area contributed by atoms with E-state index in [1.54, 1.807) is 30.7 Å². The molecule has 0 aliphatic carbocycles. The summed E-state index contributed by atoms with van der Waals surface area (Å²) in [6.45, 7) is 0.603. The number of hydrogen-bond donors (Lipinski definition) is 1. The Hall–Kier alpha value is -4.04. The van der Waals surface area contributed by atoms with E-state index < -0.39 is 0 Å². The molecule has 1 aromatic carbocycles. The number of rotatable bonds is 6. The Morgan fingerprint density at radius 1 is 1.06 bits per heavy atom. The maximum absolute atomic E-state index is 11.7. The number of benzene rings is 1. The van der Waals surface area contributed by atoms with Crippen molar-refractivity contribution in [2.45, 2.75) is 18.6 Å². The number of aromatic nitrogens is 2. The van der Waals surface area contributed by atoms with Crippen LogP contribution in [0.25, 0.3) is 11.3 Å². The number of carbonyl (C=O) groups excluding carboxylic acids is 1. The van der Waals surface area contributed by atoms with Gasteiger partial charge in [0.05, 0.1) is 24.4 Å². The summed E-state index contributed by atoms with van der Waals surface area (Å²) in [4.78, 5) is 22.5. The lowest BCUT2D eigenvalue weighted by Crippen LogP contribution is -2.29. The zero-order valence-electron chi connectivity index (χ0n) is 18.4. The standard InChI is InChI=1S/C26H22N4O3S/c1-32-25(31)19-7-5-18(6-8-19)21-9-10-22(33-21)24-23(20-4-2-3-13-28-20)29-26(34)30(24)16-17-11-14-27-15-12-17/h2-15,23-24H,16H2,1H3,(H,29,34). The minimum atomic E-state index is -0.373. The molecule has 7 nitrogen and oxygen atoms in total. The first kappa shape index (κ1) is 21.8. The second-order valence-corrected chi connectivity index (χ2v) is 8.27. The molecule has 34 heavy (non-hydrogen) atoms. The lowest BCUT2D eigenvalue weighted by atomic mass is 10.0. The Balaban J connectivity index is 1.49.